The lowest BCUT2D eigenvalue weighted by Gasteiger charge is -2.32. The molecule has 0 amide bonds. The average molecular weight is 1000 g/mol. The summed E-state index contributed by atoms with van der Waals surface area (Å²) in [4.78, 5) is 2.44. The zero-order chi connectivity index (χ0) is 52.0. The second-order valence-electron chi connectivity index (χ2n) is 21.1. The molecule has 14 aromatic rings. The molecular weight excluding hydrogens is 953 g/mol. The summed E-state index contributed by atoms with van der Waals surface area (Å²) < 4.78 is 2.40. The molecule has 0 fully saturated rings. The van der Waals surface area contributed by atoms with Crippen LogP contribution in [0, 0.1) is 0 Å². The molecule has 2 aliphatic carbocycles. The van der Waals surface area contributed by atoms with Gasteiger partial charge in [0.15, 0.2) is 0 Å². The highest BCUT2D eigenvalue weighted by molar-refractivity contribution is 6.10. The second kappa shape index (κ2) is 17.9. The van der Waals surface area contributed by atoms with Gasteiger partial charge in [-0.15, -0.1) is 0 Å². The Kier molecular flexibility index (Phi) is 10.2. The summed E-state index contributed by atoms with van der Waals surface area (Å²) in [7, 11) is 0. The van der Waals surface area contributed by atoms with Gasteiger partial charge in [0.2, 0.25) is 0 Å². The van der Waals surface area contributed by atoms with Crippen LogP contribution in [-0.2, 0) is 5.41 Å². The van der Waals surface area contributed by atoms with E-state index in [1.165, 1.54) is 122 Å². The maximum atomic E-state index is 2.48. The Labute approximate surface area is 460 Å². The van der Waals surface area contributed by atoms with Crippen molar-refractivity contribution in [3.8, 4) is 72.4 Å². The summed E-state index contributed by atoms with van der Waals surface area (Å²) in [5.41, 5.74) is 26.5. The van der Waals surface area contributed by atoms with Gasteiger partial charge in [-0.05, 0) is 167 Å². The highest BCUT2D eigenvalue weighted by Gasteiger charge is 2.51. The van der Waals surface area contributed by atoms with Gasteiger partial charge in [0, 0.05) is 33.5 Å². The minimum absolute atomic E-state index is 0.449. The van der Waals surface area contributed by atoms with E-state index < -0.39 is 5.41 Å². The summed E-state index contributed by atoms with van der Waals surface area (Å²) in [6, 6.07) is 112. The summed E-state index contributed by atoms with van der Waals surface area (Å²) in [6.45, 7) is 0. The highest BCUT2D eigenvalue weighted by Crippen LogP contribution is 2.63. The maximum absolute atomic E-state index is 2.48. The van der Waals surface area contributed by atoms with Crippen LogP contribution in [0.1, 0.15) is 22.3 Å². The van der Waals surface area contributed by atoms with Crippen molar-refractivity contribution in [1.82, 2.24) is 4.57 Å². The third-order valence-corrected chi connectivity index (χ3v) is 17.0. The fraction of sp³-hybridized carbons (Fsp3) is 0.0130. The number of anilines is 3. The molecule has 2 aliphatic rings. The van der Waals surface area contributed by atoms with E-state index in [9.17, 15) is 0 Å². The van der Waals surface area contributed by atoms with E-state index in [2.05, 4.69) is 313 Å². The Morgan fingerprint density at radius 3 is 1.32 bits per heavy atom. The van der Waals surface area contributed by atoms with Crippen LogP contribution in [0.5, 0.6) is 0 Å². The van der Waals surface area contributed by atoms with E-state index in [-0.39, 0.29) is 0 Å². The van der Waals surface area contributed by atoms with Gasteiger partial charge in [0.1, 0.15) is 0 Å². The van der Waals surface area contributed by atoms with Gasteiger partial charge in [-0.1, -0.05) is 237 Å². The summed E-state index contributed by atoms with van der Waals surface area (Å²) in [6.07, 6.45) is 0. The first-order valence-corrected chi connectivity index (χ1v) is 27.4. The maximum Gasteiger partial charge on any atom is 0.0726 e. The van der Waals surface area contributed by atoms with E-state index >= 15 is 0 Å². The number of fused-ring (bicyclic) bond motifs is 14. The third kappa shape index (κ3) is 6.98. The minimum Gasteiger partial charge on any atom is -0.310 e. The molecule has 79 heavy (non-hydrogen) atoms. The van der Waals surface area contributed by atoms with Crippen molar-refractivity contribution in [2.45, 2.75) is 5.41 Å². The average Bonchev–Trinajstić information content (AvgIpc) is 3.29. The van der Waals surface area contributed by atoms with Crippen molar-refractivity contribution in [2.24, 2.45) is 0 Å². The van der Waals surface area contributed by atoms with Gasteiger partial charge in [-0.2, -0.15) is 0 Å². The predicted octanol–water partition coefficient (Wildman–Crippen LogP) is 20.4. The Hall–Kier alpha value is -10.3. The number of para-hydroxylation sites is 1. The lowest BCUT2D eigenvalue weighted by molar-refractivity contribution is 0.793. The van der Waals surface area contributed by atoms with Crippen LogP contribution in [-0.4, -0.2) is 4.57 Å². The van der Waals surface area contributed by atoms with Crippen LogP contribution < -0.4 is 4.90 Å². The molecule has 0 radical (unpaired) electrons. The number of rotatable bonds is 8. The molecule has 368 valence electrons. The van der Waals surface area contributed by atoms with Crippen LogP contribution in [0.2, 0.25) is 0 Å². The van der Waals surface area contributed by atoms with Gasteiger partial charge in [0.05, 0.1) is 16.4 Å². The smallest absolute Gasteiger partial charge is 0.0726 e. The summed E-state index contributed by atoms with van der Waals surface area (Å²) in [5, 5.41) is 4.99. The molecule has 0 saturated carbocycles. The van der Waals surface area contributed by atoms with Gasteiger partial charge in [0.25, 0.3) is 0 Å². The van der Waals surface area contributed by atoms with Gasteiger partial charge >= 0.3 is 0 Å². The number of hydrogen-bond donors (Lipinski definition) is 0. The van der Waals surface area contributed by atoms with Crippen molar-refractivity contribution >= 4 is 49.6 Å². The number of nitrogens with zero attached hydrogens (tertiary/aromatic N) is 2. The van der Waals surface area contributed by atoms with Crippen molar-refractivity contribution in [3.63, 3.8) is 0 Å². The molecule has 2 nitrogen and oxygen atoms in total. The van der Waals surface area contributed by atoms with Crippen LogP contribution >= 0.6 is 0 Å². The van der Waals surface area contributed by atoms with Gasteiger partial charge in [-0.25, -0.2) is 0 Å². The van der Waals surface area contributed by atoms with Crippen molar-refractivity contribution in [1.29, 1.82) is 0 Å². The molecule has 16 rings (SSSR count). The number of aromatic nitrogens is 1. The number of benzene rings is 13. The quantitative estimate of drug-likeness (QED) is 0.147. The molecule has 1 heterocycles. The van der Waals surface area contributed by atoms with Crippen molar-refractivity contribution < 1.29 is 0 Å². The SMILES string of the molecule is c1ccc(-c2ccc(-n3c4ccccc4c4cc(-c5ccc(-c6ccc(N(c7ccc(-c8cccc9ccccc89)cc7)c7ccc8c(c7)C7(c9ccccc9-c9ccccc97)c7ccccc7-8)cc6)cc5)ccc43)cc2)cc1. The van der Waals surface area contributed by atoms with Crippen LogP contribution in [0.25, 0.3) is 105 Å². The zero-order valence-corrected chi connectivity index (χ0v) is 43.3. The first-order chi connectivity index (χ1) is 39.2. The summed E-state index contributed by atoms with van der Waals surface area (Å²) in [5.74, 6) is 0. The van der Waals surface area contributed by atoms with Gasteiger partial charge in [-0.3, -0.25) is 0 Å². The highest BCUT2D eigenvalue weighted by atomic mass is 15.1. The molecular formula is C77H50N2. The molecule has 13 aromatic carbocycles. The Bertz CT molecular complexity index is 4610. The summed E-state index contributed by atoms with van der Waals surface area (Å²) >= 11 is 0. The lowest BCUT2D eigenvalue weighted by Crippen LogP contribution is -2.26. The molecule has 0 N–H and O–H groups in total. The third-order valence-electron chi connectivity index (χ3n) is 17.0. The largest absolute Gasteiger partial charge is 0.310 e. The fourth-order valence-electron chi connectivity index (χ4n) is 13.5. The van der Waals surface area contributed by atoms with E-state index in [0.717, 1.165) is 22.7 Å². The molecule has 2 heteroatoms. The standard InChI is InChI=1S/C77H50N2/c1-2-15-51(16-3-1)53-35-42-61(43-36-53)79-75-28-13-9-23-69(75)70-49-58(39-48-76(70)79)55-31-29-52(30-32-55)54-33-40-59(41-34-54)78(60-44-37-57(38-45-60)64-24-14-18-56-17-4-5-19-63(56)64)62-46-47-68-67-22-8-12-27-73(67)77(74(68)50-62)71-25-10-6-20-65(71)66-21-7-11-26-72(66)77/h1-50H. The molecule has 1 aromatic heterocycles. The Morgan fingerprint density at radius 1 is 0.241 bits per heavy atom. The molecule has 0 aliphatic heterocycles. The molecule has 0 atom stereocenters. The zero-order valence-electron chi connectivity index (χ0n) is 43.3. The monoisotopic (exact) mass is 1000 g/mol. The topological polar surface area (TPSA) is 8.17 Å². The van der Waals surface area contributed by atoms with Crippen molar-refractivity contribution in [3.05, 3.63) is 326 Å². The first kappa shape index (κ1) is 45.0. The van der Waals surface area contributed by atoms with Crippen LogP contribution in [0.3, 0.4) is 0 Å². The normalized spacial score (nSPS) is 12.7. The lowest BCUT2D eigenvalue weighted by atomic mass is 9.70. The molecule has 0 bridgehead atoms. The van der Waals surface area contributed by atoms with E-state index in [4.69, 9.17) is 0 Å². The number of hydrogen-bond acceptors (Lipinski definition) is 1. The molecule has 0 saturated heterocycles. The van der Waals surface area contributed by atoms with Crippen LogP contribution in [0.15, 0.2) is 303 Å². The van der Waals surface area contributed by atoms with Crippen LogP contribution in [0.4, 0.5) is 17.1 Å². The Balaban J connectivity index is 0.769. The van der Waals surface area contributed by atoms with E-state index in [1.807, 2.05) is 0 Å². The molecule has 1 spiro atoms. The van der Waals surface area contributed by atoms with E-state index in [0.29, 0.717) is 0 Å². The van der Waals surface area contributed by atoms with Crippen molar-refractivity contribution in [2.75, 3.05) is 4.90 Å². The Morgan fingerprint density at radius 2 is 0.671 bits per heavy atom. The first-order valence-electron chi connectivity index (χ1n) is 27.4. The molecule has 0 unspecified atom stereocenters. The fourth-order valence-corrected chi connectivity index (χ4v) is 13.5. The second-order valence-corrected chi connectivity index (χ2v) is 21.1. The van der Waals surface area contributed by atoms with Gasteiger partial charge < -0.3 is 9.47 Å². The minimum atomic E-state index is -0.449. The predicted molar refractivity (Wildman–Crippen MR) is 331 cm³/mol. The van der Waals surface area contributed by atoms with E-state index in [1.54, 1.807) is 0 Å².